The fourth-order valence-corrected chi connectivity index (χ4v) is 2.78. The number of carbonyl (C=O) groups excluding carboxylic acids is 1. The van der Waals surface area contributed by atoms with Crippen LogP contribution in [0.25, 0.3) is 0 Å². The number of nitrogens with zero attached hydrogens (tertiary/aromatic N) is 1. The molecule has 1 aliphatic rings. The van der Waals surface area contributed by atoms with Crippen molar-refractivity contribution in [3.63, 3.8) is 0 Å². The summed E-state index contributed by atoms with van der Waals surface area (Å²) in [4.78, 5) is 13.2. The Morgan fingerprint density at radius 3 is 2.37 bits per heavy atom. The van der Waals surface area contributed by atoms with Crippen LogP contribution >= 0.6 is 0 Å². The third-order valence-corrected chi connectivity index (χ3v) is 4.23. The molecule has 0 spiro atoms. The second-order valence-corrected chi connectivity index (χ2v) is 6.23. The summed E-state index contributed by atoms with van der Waals surface area (Å²) >= 11 is 0. The van der Waals surface area contributed by atoms with E-state index < -0.39 is 15.3 Å². The first-order valence-electron chi connectivity index (χ1n) is 6.41. The molecule has 1 unspecified atom stereocenters. The number of hydrogen-bond acceptors (Lipinski definition) is 5. The van der Waals surface area contributed by atoms with E-state index in [4.69, 9.17) is 14.6 Å². The van der Waals surface area contributed by atoms with Gasteiger partial charge in [0, 0.05) is 39.1 Å². The Labute approximate surface area is 114 Å². The second kappa shape index (κ2) is 7.18. The minimum atomic E-state index is -3.65. The Hall–Kier alpha value is -0.700. The van der Waals surface area contributed by atoms with Crippen LogP contribution in [0, 0.1) is 0 Å². The van der Waals surface area contributed by atoms with Gasteiger partial charge in [-0.3, -0.25) is 4.79 Å². The van der Waals surface area contributed by atoms with E-state index in [-0.39, 0.29) is 25.2 Å². The molecule has 0 saturated carbocycles. The highest BCUT2D eigenvalue weighted by atomic mass is 32.2. The van der Waals surface area contributed by atoms with E-state index in [1.165, 1.54) is 4.90 Å². The van der Waals surface area contributed by atoms with E-state index in [2.05, 4.69) is 0 Å². The van der Waals surface area contributed by atoms with E-state index in [0.717, 1.165) is 0 Å². The zero-order chi connectivity index (χ0) is 14.5. The molecule has 112 valence electrons. The Morgan fingerprint density at radius 1 is 1.37 bits per heavy atom. The smallest absolute Gasteiger partial charge is 0.224 e. The Kier molecular flexibility index (Phi) is 6.18. The van der Waals surface area contributed by atoms with Gasteiger partial charge in [-0.05, 0) is 13.8 Å². The highest BCUT2D eigenvalue weighted by molar-refractivity contribution is 7.89. The Morgan fingerprint density at radius 2 is 1.95 bits per heavy atom. The fourth-order valence-electron chi connectivity index (χ4n) is 2.02. The maximum atomic E-state index is 11.7. The van der Waals surface area contributed by atoms with Crippen LogP contribution < -0.4 is 5.14 Å². The van der Waals surface area contributed by atoms with Crippen LogP contribution in [-0.2, 0) is 24.3 Å². The standard InChI is InChI=1S/C11H22N2O5S/c1-3-17-11(18-4-2)5-6-13-8-9(7-10(13)14)19(12,15)16/h9,11H,3-8H2,1-2H3,(H2,12,15,16). The topological polar surface area (TPSA) is 98.9 Å². The molecule has 0 aromatic carbocycles. The van der Waals surface area contributed by atoms with Crippen molar-refractivity contribution in [2.45, 2.75) is 38.2 Å². The normalized spacial score (nSPS) is 20.5. The van der Waals surface area contributed by atoms with E-state index in [1.807, 2.05) is 13.8 Å². The zero-order valence-electron chi connectivity index (χ0n) is 11.4. The van der Waals surface area contributed by atoms with Gasteiger partial charge in [0.15, 0.2) is 6.29 Å². The molecule has 1 heterocycles. The van der Waals surface area contributed by atoms with Crippen molar-refractivity contribution in [1.82, 2.24) is 4.90 Å². The van der Waals surface area contributed by atoms with Crippen LogP contribution in [0.1, 0.15) is 26.7 Å². The average molecular weight is 294 g/mol. The van der Waals surface area contributed by atoms with Crippen LogP contribution in [0.2, 0.25) is 0 Å². The maximum absolute atomic E-state index is 11.7. The molecule has 1 rings (SSSR count). The molecule has 1 atom stereocenters. The van der Waals surface area contributed by atoms with Crippen LogP contribution in [0.5, 0.6) is 0 Å². The molecule has 1 aliphatic heterocycles. The molecule has 1 saturated heterocycles. The van der Waals surface area contributed by atoms with Crippen LogP contribution in [0.4, 0.5) is 0 Å². The third kappa shape index (κ3) is 5.06. The van der Waals surface area contributed by atoms with E-state index >= 15 is 0 Å². The van der Waals surface area contributed by atoms with Crippen LogP contribution in [0.3, 0.4) is 0 Å². The first-order chi connectivity index (χ1) is 8.88. The van der Waals surface area contributed by atoms with Gasteiger partial charge >= 0.3 is 0 Å². The van der Waals surface area contributed by atoms with Crippen molar-refractivity contribution in [3.05, 3.63) is 0 Å². The van der Waals surface area contributed by atoms with Gasteiger partial charge < -0.3 is 14.4 Å². The van der Waals surface area contributed by atoms with Crippen molar-refractivity contribution in [2.75, 3.05) is 26.3 Å². The van der Waals surface area contributed by atoms with Crippen molar-refractivity contribution in [3.8, 4) is 0 Å². The lowest BCUT2D eigenvalue weighted by Gasteiger charge is -2.21. The summed E-state index contributed by atoms with van der Waals surface area (Å²) in [6.07, 6.45) is 0.119. The number of sulfonamides is 1. The molecular weight excluding hydrogens is 272 g/mol. The summed E-state index contributed by atoms with van der Waals surface area (Å²) in [5, 5.41) is 4.27. The van der Waals surface area contributed by atoms with Gasteiger partial charge in [-0.2, -0.15) is 0 Å². The largest absolute Gasteiger partial charge is 0.353 e. The van der Waals surface area contributed by atoms with Crippen LogP contribution in [0.15, 0.2) is 0 Å². The molecule has 0 aliphatic carbocycles. The predicted molar refractivity (Wildman–Crippen MR) is 69.7 cm³/mol. The minimum absolute atomic E-state index is 0.0350. The highest BCUT2D eigenvalue weighted by Crippen LogP contribution is 2.17. The van der Waals surface area contributed by atoms with Crippen molar-refractivity contribution in [2.24, 2.45) is 5.14 Å². The van der Waals surface area contributed by atoms with E-state index in [0.29, 0.717) is 26.2 Å². The molecule has 7 nitrogen and oxygen atoms in total. The van der Waals surface area contributed by atoms with Gasteiger partial charge in [0.25, 0.3) is 0 Å². The highest BCUT2D eigenvalue weighted by Gasteiger charge is 2.36. The number of amides is 1. The van der Waals surface area contributed by atoms with Gasteiger partial charge in [-0.1, -0.05) is 0 Å². The molecule has 1 amide bonds. The number of ether oxygens (including phenoxy) is 2. The lowest BCUT2D eigenvalue weighted by Crippen LogP contribution is -2.34. The van der Waals surface area contributed by atoms with Crippen molar-refractivity contribution >= 4 is 15.9 Å². The SMILES string of the molecule is CCOC(CCN1CC(S(N)(=O)=O)CC1=O)OCC. The zero-order valence-corrected chi connectivity index (χ0v) is 12.2. The quantitative estimate of drug-likeness (QED) is 0.618. The third-order valence-electron chi connectivity index (χ3n) is 2.98. The number of nitrogens with two attached hydrogens (primary N) is 1. The van der Waals surface area contributed by atoms with Gasteiger partial charge in [0.05, 0.1) is 0 Å². The number of carbonyl (C=O) groups is 1. The average Bonchev–Trinajstić information content (AvgIpc) is 2.68. The minimum Gasteiger partial charge on any atom is -0.353 e. The van der Waals surface area contributed by atoms with Gasteiger partial charge in [0.1, 0.15) is 5.25 Å². The second-order valence-electron chi connectivity index (χ2n) is 4.38. The van der Waals surface area contributed by atoms with E-state index in [9.17, 15) is 13.2 Å². The predicted octanol–water partition coefficient (Wildman–Crippen LogP) is -0.335. The maximum Gasteiger partial charge on any atom is 0.224 e. The van der Waals surface area contributed by atoms with Crippen molar-refractivity contribution < 1.29 is 22.7 Å². The van der Waals surface area contributed by atoms with Gasteiger partial charge in [-0.25, -0.2) is 13.6 Å². The fraction of sp³-hybridized carbons (Fsp3) is 0.909. The van der Waals surface area contributed by atoms with Crippen molar-refractivity contribution in [1.29, 1.82) is 0 Å². The first kappa shape index (κ1) is 16.4. The molecule has 2 N–H and O–H groups in total. The first-order valence-corrected chi connectivity index (χ1v) is 8.02. The molecule has 0 aromatic heterocycles. The van der Waals surface area contributed by atoms with Gasteiger partial charge in [0.2, 0.25) is 15.9 Å². The molecular formula is C11H22N2O5S. The summed E-state index contributed by atoms with van der Waals surface area (Å²) in [5.74, 6) is -0.189. The number of rotatable bonds is 8. The molecule has 1 fully saturated rings. The lowest BCUT2D eigenvalue weighted by molar-refractivity contribution is -0.144. The van der Waals surface area contributed by atoms with Crippen LogP contribution in [-0.4, -0.2) is 57.1 Å². The van der Waals surface area contributed by atoms with E-state index in [1.54, 1.807) is 0 Å². The summed E-state index contributed by atoms with van der Waals surface area (Å²) < 4.78 is 33.2. The monoisotopic (exact) mass is 294 g/mol. The summed E-state index contributed by atoms with van der Waals surface area (Å²) in [6.45, 7) is 5.35. The lowest BCUT2D eigenvalue weighted by atomic mass is 10.3. The molecule has 0 radical (unpaired) electrons. The Bertz CT molecular complexity index is 392. The molecule has 8 heteroatoms. The Balaban J connectivity index is 2.47. The number of hydrogen-bond donors (Lipinski definition) is 1. The summed E-state index contributed by atoms with van der Waals surface area (Å²) in [7, 11) is -3.65. The summed E-state index contributed by atoms with van der Waals surface area (Å²) in [6, 6.07) is 0. The number of likely N-dealkylation sites (tertiary alicyclic amines) is 1. The molecule has 19 heavy (non-hydrogen) atoms. The molecule has 0 bridgehead atoms. The number of primary sulfonamides is 1. The van der Waals surface area contributed by atoms with Gasteiger partial charge in [-0.15, -0.1) is 0 Å². The molecule has 0 aromatic rings. The summed E-state index contributed by atoms with van der Waals surface area (Å²) in [5.41, 5.74) is 0.